The molecule has 0 bridgehead atoms. The molecule has 0 spiro atoms. The van der Waals surface area contributed by atoms with Gasteiger partial charge in [0.05, 0.1) is 6.21 Å². The second kappa shape index (κ2) is 13.1. The molecular weight excluding hydrogens is 476 g/mol. The van der Waals surface area contributed by atoms with E-state index in [4.69, 9.17) is 19.4 Å². The van der Waals surface area contributed by atoms with Gasteiger partial charge in [0.15, 0.2) is 5.82 Å². The van der Waals surface area contributed by atoms with Crippen molar-refractivity contribution in [1.29, 1.82) is 0 Å². The summed E-state index contributed by atoms with van der Waals surface area (Å²) in [5.41, 5.74) is 5.27. The Morgan fingerprint density at radius 1 is 0.789 bits per heavy atom. The second-order valence-electron chi connectivity index (χ2n) is 9.96. The maximum absolute atomic E-state index is 5.89. The molecule has 0 amide bonds. The van der Waals surface area contributed by atoms with Crippen LogP contribution in [-0.4, -0.2) is 55.6 Å². The molecule has 200 valence electrons. The van der Waals surface area contributed by atoms with Crippen molar-refractivity contribution in [3.63, 3.8) is 0 Å². The van der Waals surface area contributed by atoms with Crippen molar-refractivity contribution < 1.29 is 9.47 Å². The van der Waals surface area contributed by atoms with E-state index >= 15 is 0 Å². The van der Waals surface area contributed by atoms with E-state index in [9.17, 15) is 0 Å². The molecular formula is C30H38N6O2. The molecule has 2 saturated heterocycles. The molecule has 0 radical (unpaired) electrons. The van der Waals surface area contributed by atoms with Crippen LogP contribution in [0.3, 0.4) is 0 Å². The average Bonchev–Trinajstić information content (AvgIpc) is 2.96. The highest BCUT2D eigenvalue weighted by molar-refractivity contribution is 5.80. The summed E-state index contributed by atoms with van der Waals surface area (Å²) in [5.74, 6) is 4.15. The molecule has 0 atom stereocenters. The number of ether oxygens (including phenoxy) is 2. The van der Waals surface area contributed by atoms with Gasteiger partial charge in [-0.2, -0.15) is 15.1 Å². The predicted octanol–water partition coefficient (Wildman–Crippen LogP) is 5.67. The van der Waals surface area contributed by atoms with Gasteiger partial charge in [0.1, 0.15) is 30.5 Å². The number of hydrogen-bond acceptors (Lipinski definition) is 8. The molecule has 8 heteroatoms. The first kappa shape index (κ1) is 25.8. The van der Waals surface area contributed by atoms with E-state index in [0.29, 0.717) is 13.2 Å². The minimum atomic E-state index is 0.465. The highest BCUT2D eigenvalue weighted by Gasteiger charge is 2.19. The second-order valence-corrected chi connectivity index (χ2v) is 9.96. The molecule has 38 heavy (non-hydrogen) atoms. The van der Waals surface area contributed by atoms with Crippen LogP contribution in [0.15, 0.2) is 59.7 Å². The summed E-state index contributed by atoms with van der Waals surface area (Å²) < 4.78 is 11.7. The van der Waals surface area contributed by atoms with Crippen molar-refractivity contribution in [2.24, 2.45) is 5.10 Å². The molecule has 3 heterocycles. The van der Waals surface area contributed by atoms with Gasteiger partial charge in [-0.3, -0.25) is 5.43 Å². The van der Waals surface area contributed by atoms with E-state index in [2.05, 4.69) is 33.3 Å². The van der Waals surface area contributed by atoms with Crippen LogP contribution in [0.5, 0.6) is 11.5 Å². The Bertz CT molecular complexity index is 1170. The maximum atomic E-state index is 5.89. The molecule has 5 rings (SSSR count). The summed E-state index contributed by atoms with van der Waals surface area (Å²) in [4.78, 5) is 14.4. The molecule has 8 nitrogen and oxygen atoms in total. The van der Waals surface area contributed by atoms with Gasteiger partial charge >= 0.3 is 0 Å². The number of benzene rings is 2. The quantitative estimate of drug-likeness (QED) is 0.212. The first-order valence-electron chi connectivity index (χ1n) is 13.8. The number of aryl methyl sites for hydroxylation is 1. The third kappa shape index (κ3) is 7.37. The monoisotopic (exact) mass is 514 g/mol. The number of nitrogens with zero attached hydrogens (tertiary/aromatic N) is 5. The van der Waals surface area contributed by atoms with Crippen LogP contribution < -0.4 is 24.7 Å². The number of hydrogen-bond donors (Lipinski definition) is 1. The Kier molecular flexibility index (Phi) is 8.92. The van der Waals surface area contributed by atoms with Crippen LogP contribution in [-0.2, 0) is 0 Å². The summed E-state index contributed by atoms with van der Waals surface area (Å²) in [5, 5.41) is 4.49. The minimum Gasteiger partial charge on any atom is -0.490 e. The smallest absolute Gasteiger partial charge is 0.229 e. The summed E-state index contributed by atoms with van der Waals surface area (Å²) in [7, 11) is 0. The van der Waals surface area contributed by atoms with Gasteiger partial charge in [0, 0.05) is 32.2 Å². The number of rotatable bonds is 10. The minimum absolute atomic E-state index is 0.465. The van der Waals surface area contributed by atoms with E-state index in [1.807, 2.05) is 48.5 Å². The van der Waals surface area contributed by atoms with Crippen LogP contribution in [0.25, 0.3) is 0 Å². The zero-order valence-corrected chi connectivity index (χ0v) is 22.3. The summed E-state index contributed by atoms with van der Waals surface area (Å²) in [6.45, 7) is 7.10. The normalized spacial score (nSPS) is 16.0. The van der Waals surface area contributed by atoms with Crippen LogP contribution >= 0.6 is 0 Å². The standard InChI is InChI=1S/C30H38N6O2/c1-24-10-8-12-26(20-24)37-18-19-38-27-13-9-11-25(21-27)23-31-34-28-22-29(35-14-4-2-5-15-35)33-30(32-28)36-16-6-3-7-17-36/h8-13,20-23H,2-7,14-19H2,1H3,(H,32,33,34)/b31-23-. The Hall–Kier alpha value is -3.81. The van der Waals surface area contributed by atoms with Gasteiger partial charge < -0.3 is 19.3 Å². The maximum Gasteiger partial charge on any atom is 0.229 e. The fourth-order valence-corrected chi connectivity index (χ4v) is 4.88. The molecule has 1 aromatic heterocycles. The SMILES string of the molecule is Cc1cccc(OCCOc2cccc(/C=N\Nc3cc(N4CCCCC4)nc(N4CCCCC4)n3)c2)c1. The lowest BCUT2D eigenvalue weighted by atomic mass is 10.1. The lowest BCUT2D eigenvalue weighted by Crippen LogP contribution is -2.33. The molecule has 2 aromatic carbocycles. The molecule has 0 saturated carbocycles. The molecule has 2 fully saturated rings. The summed E-state index contributed by atoms with van der Waals surface area (Å²) >= 11 is 0. The van der Waals surface area contributed by atoms with Crippen molar-refractivity contribution in [2.45, 2.75) is 45.4 Å². The van der Waals surface area contributed by atoms with Gasteiger partial charge in [-0.05, 0) is 80.8 Å². The van der Waals surface area contributed by atoms with Gasteiger partial charge in [0.2, 0.25) is 5.95 Å². The zero-order valence-electron chi connectivity index (χ0n) is 22.3. The van der Waals surface area contributed by atoms with Crippen LogP contribution in [0.1, 0.15) is 49.7 Å². The van der Waals surface area contributed by atoms with Crippen molar-refractivity contribution in [3.05, 3.63) is 65.7 Å². The third-order valence-electron chi connectivity index (χ3n) is 6.88. The summed E-state index contributed by atoms with van der Waals surface area (Å²) in [6.07, 6.45) is 9.16. The lowest BCUT2D eigenvalue weighted by molar-refractivity contribution is 0.217. The number of anilines is 3. The molecule has 2 aliphatic heterocycles. The van der Waals surface area contributed by atoms with Crippen molar-refractivity contribution in [1.82, 2.24) is 9.97 Å². The zero-order chi connectivity index (χ0) is 26.0. The topological polar surface area (TPSA) is 75.1 Å². The van der Waals surface area contributed by atoms with Crippen LogP contribution in [0.2, 0.25) is 0 Å². The molecule has 2 aliphatic rings. The summed E-state index contributed by atoms with van der Waals surface area (Å²) in [6, 6.07) is 17.9. The first-order valence-corrected chi connectivity index (χ1v) is 13.8. The van der Waals surface area contributed by atoms with Crippen LogP contribution in [0, 0.1) is 6.92 Å². The number of nitrogens with one attached hydrogen (secondary N) is 1. The van der Waals surface area contributed by atoms with Gasteiger partial charge in [-0.1, -0.05) is 24.3 Å². The third-order valence-corrected chi connectivity index (χ3v) is 6.88. The Morgan fingerprint density at radius 2 is 1.45 bits per heavy atom. The van der Waals surface area contributed by atoms with E-state index in [0.717, 1.165) is 60.8 Å². The molecule has 3 aromatic rings. The Labute approximate surface area is 225 Å². The van der Waals surface area contributed by atoms with Gasteiger partial charge in [-0.15, -0.1) is 0 Å². The average molecular weight is 515 g/mol. The van der Waals surface area contributed by atoms with Crippen molar-refractivity contribution in [3.8, 4) is 11.5 Å². The number of hydrazone groups is 1. The Balaban J connectivity index is 1.20. The largest absolute Gasteiger partial charge is 0.490 e. The van der Waals surface area contributed by atoms with Crippen molar-refractivity contribution >= 4 is 23.8 Å². The van der Waals surface area contributed by atoms with Gasteiger partial charge in [0.25, 0.3) is 0 Å². The fraction of sp³-hybridized carbons (Fsp3) is 0.433. The van der Waals surface area contributed by atoms with E-state index in [1.165, 1.54) is 44.1 Å². The molecule has 0 aliphatic carbocycles. The lowest BCUT2D eigenvalue weighted by Gasteiger charge is -2.31. The van der Waals surface area contributed by atoms with E-state index < -0.39 is 0 Å². The predicted molar refractivity (Wildman–Crippen MR) is 154 cm³/mol. The van der Waals surface area contributed by atoms with E-state index in [1.54, 1.807) is 6.21 Å². The fourth-order valence-electron chi connectivity index (χ4n) is 4.88. The van der Waals surface area contributed by atoms with Gasteiger partial charge in [-0.25, -0.2) is 0 Å². The molecule has 1 N–H and O–H groups in total. The highest BCUT2D eigenvalue weighted by Crippen LogP contribution is 2.25. The molecule has 0 unspecified atom stereocenters. The van der Waals surface area contributed by atoms with Crippen molar-refractivity contribution in [2.75, 3.05) is 54.6 Å². The Morgan fingerprint density at radius 3 is 2.16 bits per heavy atom. The van der Waals surface area contributed by atoms with Crippen LogP contribution in [0.4, 0.5) is 17.6 Å². The van der Waals surface area contributed by atoms with E-state index in [-0.39, 0.29) is 0 Å². The number of piperidine rings is 2. The number of aromatic nitrogens is 2. The highest BCUT2D eigenvalue weighted by atomic mass is 16.5. The first-order chi connectivity index (χ1) is 18.7.